The van der Waals surface area contributed by atoms with Crippen LogP contribution in [0, 0.1) is 6.92 Å². The molecule has 0 aliphatic carbocycles. The van der Waals surface area contributed by atoms with Gasteiger partial charge in [-0.3, -0.25) is 4.79 Å². The van der Waals surface area contributed by atoms with Crippen molar-refractivity contribution in [1.82, 2.24) is 14.9 Å². The molecular formula is C31H35N3O2. The Morgan fingerprint density at radius 3 is 2.56 bits per heavy atom. The lowest BCUT2D eigenvalue weighted by molar-refractivity contribution is -0.121. The van der Waals surface area contributed by atoms with Crippen molar-refractivity contribution in [3.63, 3.8) is 0 Å². The van der Waals surface area contributed by atoms with E-state index in [0.29, 0.717) is 13.0 Å². The van der Waals surface area contributed by atoms with E-state index >= 15 is 0 Å². The average molecular weight is 482 g/mol. The van der Waals surface area contributed by atoms with Crippen molar-refractivity contribution in [3.05, 3.63) is 108 Å². The number of ether oxygens (including phenoxy) is 1. The second-order valence-corrected chi connectivity index (χ2v) is 9.16. The maximum atomic E-state index is 12.8. The molecule has 0 aliphatic rings. The maximum absolute atomic E-state index is 12.8. The van der Waals surface area contributed by atoms with Crippen LogP contribution < -0.4 is 10.1 Å². The van der Waals surface area contributed by atoms with Crippen molar-refractivity contribution in [2.45, 2.75) is 52.1 Å². The summed E-state index contributed by atoms with van der Waals surface area (Å²) in [5.74, 6) is 1.81. The van der Waals surface area contributed by atoms with E-state index in [0.717, 1.165) is 65.1 Å². The molecule has 0 aliphatic heterocycles. The van der Waals surface area contributed by atoms with Crippen molar-refractivity contribution in [1.29, 1.82) is 0 Å². The van der Waals surface area contributed by atoms with Gasteiger partial charge >= 0.3 is 0 Å². The first-order valence-corrected chi connectivity index (χ1v) is 12.7. The van der Waals surface area contributed by atoms with Crippen molar-refractivity contribution in [3.8, 4) is 5.75 Å². The van der Waals surface area contributed by atoms with Gasteiger partial charge < -0.3 is 14.6 Å². The number of amides is 1. The van der Waals surface area contributed by atoms with E-state index in [1.165, 1.54) is 0 Å². The summed E-state index contributed by atoms with van der Waals surface area (Å²) >= 11 is 0. The number of para-hydroxylation sites is 3. The van der Waals surface area contributed by atoms with Crippen LogP contribution in [0.5, 0.6) is 5.75 Å². The summed E-state index contributed by atoms with van der Waals surface area (Å²) in [7, 11) is 0. The number of carbonyl (C=O) groups excluding carboxylic acids is 1. The number of allylic oxidation sites excluding steroid dienone is 1. The highest BCUT2D eigenvalue weighted by Gasteiger charge is 2.18. The quantitative estimate of drug-likeness (QED) is 0.189. The molecule has 4 rings (SSSR count). The van der Waals surface area contributed by atoms with Crippen molar-refractivity contribution < 1.29 is 9.53 Å². The molecule has 5 nitrogen and oxygen atoms in total. The standard InChI is InChI=1S/C31H35N3O2/c1-4-13-25-15-7-10-19-29(25)36-21-12-11-20-34-28-18-9-8-17-27(28)33-31(34)24(3)32-30(35)22-26-16-6-5-14-23(26)2/h4-10,14-19,24H,1,11-13,20-22H2,2-3H3,(H,32,35). The molecule has 1 atom stereocenters. The van der Waals surface area contributed by atoms with E-state index in [1.54, 1.807) is 0 Å². The Labute approximate surface area is 213 Å². The third-order valence-electron chi connectivity index (χ3n) is 6.43. The normalized spacial score (nSPS) is 11.8. The summed E-state index contributed by atoms with van der Waals surface area (Å²) in [4.78, 5) is 17.7. The third-order valence-corrected chi connectivity index (χ3v) is 6.43. The summed E-state index contributed by atoms with van der Waals surface area (Å²) in [6.45, 7) is 9.34. The van der Waals surface area contributed by atoms with E-state index in [4.69, 9.17) is 9.72 Å². The Morgan fingerprint density at radius 2 is 1.75 bits per heavy atom. The second kappa shape index (κ2) is 12.2. The zero-order valence-corrected chi connectivity index (χ0v) is 21.2. The molecule has 5 heteroatoms. The van der Waals surface area contributed by atoms with Gasteiger partial charge in [-0.2, -0.15) is 0 Å². The Balaban J connectivity index is 1.39. The molecule has 1 unspecified atom stereocenters. The molecule has 1 amide bonds. The predicted molar refractivity (Wildman–Crippen MR) is 146 cm³/mol. The molecule has 1 N–H and O–H groups in total. The first-order valence-electron chi connectivity index (χ1n) is 12.7. The van der Waals surface area contributed by atoms with Crippen LogP contribution in [-0.4, -0.2) is 22.1 Å². The summed E-state index contributed by atoms with van der Waals surface area (Å²) in [6, 6.07) is 24.1. The van der Waals surface area contributed by atoms with Crippen LogP contribution in [0.15, 0.2) is 85.5 Å². The number of nitrogens with one attached hydrogen (secondary N) is 1. The van der Waals surface area contributed by atoms with Crippen LogP contribution in [-0.2, 0) is 24.2 Å². The Hall–Kier alpha value is -3.86. The van der Waals surface area contributed by atoms with Crippen molar-refractivity contribution in [2.24, 2.45) is 0 Å². The van der Waals surface area contributed by atoms with Crippen LogP contribution in [0.1, 0.15) is 48.3 Å². The van der Waals surface area contributed by atoms with E-state index < -0.39 is 0 Å². The minimum Gasteiger partial charge on any atom is -0.493 e. The molecule has 0 fully saturated rings. The number of benzene rings is 3. The molecule has 0 spiro atoms. The first kappa shape index (κ1) is 25.2. The minimum atomic E-state index is -0.198. The molecule has 0 saturated heterocycles. The number of imidazole rings is 1. The van der Waals surface area contributed by atoms with Gasteiger partial charge in [-0.15, -0.1) is 6.58 Å². The van der Waals surface area contributed by atoms with E-state index in [1.807, 2.05) is 80.6 Å². The van der Waals surface area contributed by atoms with Crippen LogP contribution >= 0.6 is 0 Å². The SMILES string of the molecule is C=CCc1ccccc1OCCCCn1c(C(C)NC(=O)Cc2ccccc2C)nc2ccccc21. The number of nitrogens with zero attached hydrogens (tertiary/aromatic N) is 2. The average Bonchev–Trinajstić information content (AvgIpc) is 3.25. The van der Waals surface area contributed by atoms with E-state index in [-0.39, 0.29) is 11.9 Å². The summed E-state index contributed by atoms with van der Waals surface area (Å²) in [6.07, 6.45) is 4.92. The Morgan fingerprint density at radius 1 is 1.03 bits per heavy atom. The van der Waals surface area contributed by atoms with E-state index in [9.17, 15) is 4.79 Å². The van der Waals surface area contributed by atoms with E-state index in [2.05, 4.69) is 28.6 Å². The van der Waals surface area contributed by atoms with Crippen LogP contribution in [0.4, 0.5) is 0 Å². The lowest BCUT2D eigenvalue weighted by Crippen LogP contribution is -2.30. The lowest BCUT2D eigenvalue weighted by Gasteiger charge is -2.17. The number of unbranched alkanes of at least 4 members (excludes halogenated alkanes) is 1. The Bertz CT molecular complexity index is 1320. The third kappa shape index (κ3) is 6.22. The van der Waals surface area contributed by atoms with Gasteiger partial charge in [0, 0.05) is 6.54 Å². The predicted octanol–water partition coefficient (Wildman–Crippen LogP) is 6.35. The van der Waals surface area contributed by atoms with Crippen LogP contribution in [0.3, 0.4) is 0 Å². The van der Waals surface area contributed by atoms with Gasteiger partial charge in [0.1, 0.15) is 11.6 Å². The summed E-state index contributed by atoms with van der Waals surface area (Å²) in [5.41, 5.74) is 5.37. The molecule has 4 aromatic rings. The molecule has 0 bridgehead atoms. The number of hydrogen-bond acceptors (Lipinski definition) is 3. The zero-order valence-electron chi connectivity index (χ0n) is 21.2. The number of aromatic nitrogens is 2. The highest BCUT2D eigenvalue weighted by molar-refractivity contribution is 5.80. The van der Waals surface area contributed by atoms with Gasteiger partial charge in [-0.05, 0) is 68.0 Å². The smallest absolute Gasteiger partial charge is 0.225 e. The number of hydrogen-bond donors (Lipinski definition) is 1. The Kier molecular flexibility index (Phi) is 8.56. The van der Waals surface area contributed by atoms with Gasteiger partial charge in [-0.1, -0.05) is 60.7 Å². The van der Waals surface area contributed by atoms with Gasteiger partial charge in [0.05, 0.1) is 30.1 Å². The number of carbonyl (C=O) groups is 1. The molecule has 36 heavy (non-hydrogen) atoms. The van der Waals surface area contributed by atoms with Crippen molar-refractivity contribution in [2.75, 3.05) is 6.61 Å². The first-order chi connectivity index (χ1) is 17.6. The van der Waals surface area contributed by atoms with Gasteiger partial charge in [0.2, 0.25) is 5.91 Å². The maximum Gasteiger partial charge on any atom is 0.225 e. The fourth-order valence-electron chi connectivity index (χ4n) is 4.52. The number of aryl methyl sites for hydroxylation is 2. The molecule has 1 heterocycles. The van der Waals surface area contributed by atoms with Crippen molar-refractivity contribution >= 4 is 16.9 Å². The molecule has 186 valence electrons. The summed E-state index contributed by atoms with van der Waals surface area (Å²) in [5, 5.41) is 3.16. The molecule has 0 radical (unpaired) electrons. The lowest BCUT2D eigenvalue weighted by atomic mass is 10.1. The fraction of sp³-hybridized carbons (Fsp3) is 0.290. The van der Waals surface area contributed by atoms with Gasteiger partial charge in [-0.25, -0.2) is 4.98 Å². The monoisotopic (exact) mass is 481 g/mol. The number of rotatable bonds is 12. The van der Waals surface area contributed by atoms with Crippen LogP contribution in [0.25, 0.3) is 11.0 Å². The topological polar surface area (TPSA) is 56.1 Å². The summed E-state index contributed by atoms with van der Waals surface area (Å²) < 4.78 is 8.30. The fourth-order valence-corrected chi connectivity index (χ4v) is 4.52. The van der Waals surface area contributed by atoms with Gasteiger partial charge in [0.15, 0.2) is 0 Å². The number of fused-ring (bicyclic) bond motifs is 1. The second-order valence-electron chi connectivity index (χ2n) is 9.16. The molecule has 3 aromatic carbocycles. The largest absolute Gasteiger partial charge is 0.493 e. The zero-order chi connectivity index (χ0) is 25.3. The van der Waals surface area contributed by atoms with Gasteiger partial charge in [0.25, 0.3) is 0 Å². The minimum absolute atomic E-state index is 0.00185. The molecular weight excluding hydrogens is 446 g/mol. The highest BCUT2D eigenvalue weighted by atomic mass is 16.5. The highest BCUT2D eigenvalue weighted by Crippen LogP contribution is 2.23. The molecule has 0 saturated carbocycles. The van der Waals surface area contributed by atoms with Crippen LogP contribution in [0.2, 0.25) is 0 Å². The molecule has 1 aromatic heterocycles.